The van der Waals surface area contributed by atoms with E-state index in [4.69, 9.17) is 4.74 Å². The minimum absolute atomic E-state index is 0.104. The van der Waals surface area contributed by atoms with E-state index in [1.165, 1.54) is 10.5 Å². The molecule has 0 saturated carbocycles. The highest BCUT2D eigenvalue weighted by Gasteiger charge is 2.04. The van der Waals surface area contributed by atoms with E-state index in [-0.39, 0.29) is 12.2 Å². The summed E-state index contributed by atoms with van der Waals surface area (Å²) >= 11 is 3.39. The molecule has 0 aliphatic rings. The minimum Gasteiger partial charge on any atom is -0.487 e. The van der Waals surface area contributed by atoms with Crippen molar-refractivity contribution in [2.75, 3.05) is 0 Å². The molecule has 0 unspecified atom stereocenters. The molecule has 5 heteroatoms. The van der Waals surface area contributed by atoms with Gasteiger partial charge in [0.15, 0.2) is 0 Å². The average molecular weight is 345 g/mol. The Labute approximate surface area is 130 Å². The zero-order valence-corrected chi connectivity index (χ0v) is 13.0. The van der Waals surface area contributed by atoms with E-state index in [2.05, 4.69) is 20.9 Å². The van der Waals surface area contributed by atoms with E-state index in [0.29, 0.717) is 11.3 Å². The van der Waals surface area contributed by atoms with Crippen LogP contribution in [0.2, 0.25) is 0 Å². The summed E-state index contributed by atoms with van der Waals surface area (Å²) in [4.78, 5) is 16.5. The molecular formula is C16H13BrN2O2. The number of rotatable bonds is 3. The number of nitrogens with zero attached hydrogens (tertiary/aromatic N) is 2. The van der Waals surface area contributed by atoms with Crippen LogP contribution in [0.1, 0.15) is 11.3 Å². The molecule has 0 saturated heterocycles. The van der Waals surface area contributed by atoms with E-state index >= 15 is 0 Å². The van der Waals surface area contributed by atoms with Crippen molar-refractivity contribution in [3.05, 3.63) is 74.7 Å². The lowest BCUT2D eigenvalue weighted by molar-refractivity contribution is 0.301. The first-order valence-electron chi connectivity index (χ1n) is 6.49. The summed E-state index contributed by atoms with van der Waals surface area (Å²) in [5.74, 6) is 0.732. The predicted octanol–water partition coefficient (Wildman–Crippen LogP) is 3.34. The second-order valence-electron chi connectivity index (χ2n) is 4.76. The Morgan fingerprint density at radius 2 is 2.10 bits per heavy atom. The Morgan fingerprint density at radius 1 is 1.24 bits per heavy atom. The largest absolute Gasteiger partial charge is 0.487 e. The Morgan fingerprint density at radius 3 is 2.90 bits per heavy atom. The van der Waals surface area contributed by atoms with Crippen LogP contribution in [0.3, 0.4) is 0 Å². The molecule has 0 fully saturated rings. The van der Waals surface area contributed by atoms with Gasteiger partial charge in [-0.15, -0.1) is 0 Å². The van der Waals surface area contributed by atoms with Crippen LogP contribution < -0.4 is 10.3 Å². The zero-order valence-electron chi connectivity index (χ0n) is 11.4. The van der Waals surface area contributed by atoms with E-state index in [1.807, 2.05) is 43.3 Å². The molecule has 0 N–H and O–H groups in total. The van der Waals surface area contributed by atoms with Crippen LogP contribution >= 0.6 is 15.9 Å². The molecule has 3 rings (SSSR count). The Bertz CT molecular complexity index is 858. The first-order chi connectivity index (χ1) is 10.1. The molecule has 1 aromatic carbocycles. The van der Waals surface area contributed by atoms with Gasteiger partial charge in [-0.3, -0.25) is 9.20 Å². The van der Waals surface area contributed by atoms with Gasteiger partial charge in [-0.05, 0) is 42.8 Å². The third-order valence-corrected chi connectivity index (χ3v) is 3.55. The molecule has 21 heavy (non-hydrogen) atoms. The van der Waals surface area contributed by atoms with E-state index < -0.39 is 0 Å². The molecule has 0 radical (unpaired) electrons. The second-order valence-corrected chi connectivity index (χ2v) is 5.68. The molecule has 0 bridgehead atoms. The smallest absolute Gasteiger partial charge is 0.258 e. The zero-order chi connectivity index (χ0) is 14.8. The molecule has 0 atom stereocenters. The maximum absolute atomic E-state index is 12.0. The molecule has 106 valence electrons. The Balaban J connectivity index is 1.89. The van der Waals surface area contributed by atoms with Crippen molar-refractivity contribution in [2.45, 2.75) is 13.5 Å². The quantitative estimate of drug-likeness (QED) is 0.731. The van der Waals surface area contributed by atoms with Crippen LogP contribution in [0.15, 0.2) is 57.9 Å². The van der Waals surface area contributed by atoms with Gasteiger partial charge in [0.2, 0.25) is 0 Å². The lowest BCUT2D eigenvalue weighted by Gasteiger charge is -2.07. The van der Waals surface area contributed by atoms with Gasteiger partial charge < -0.3 is 4.74 Å². The van der Waals surface area contributed by atoms with Crippen LogP contribution in [0.25, 0.3) is 5.65 Å². The van der Waals surface area contributed by atoms with Gasteiger partial charge in [0.05, 0.1) is 5.69 Å². The van der Waals surface area contributed by atoms with Crippen LogP contribution in [0.4, 0.5) is 0 Å². The van der Waals surface area contributed by atoms with E-state index in [1.54, 1.807) is 6.20 Å². The second kappa shape index (κ2) is 5.69. The number of hydrogen-bond acceptors (Lipinski definition) is 3. The van der Waals surface area contributed by atoms with E-state index in [9.17, 15) is 4.79 Å². The fraction of sp³-hybridized carbons (Fsp3) is 0.125. The van der Waals surface area contributed by atoms with Crippen molar-refractivity contribution in [1.29, 1.82) is 0 Å². The van der Waals surface area contributed by atoms with Gasteiger partial charge in [-0.2, -0.15) is 0 Å². The number of pyridine rings is 1. The maximum Gasteiger partial charge on any atom is 0.258 e. The molecule has 0 aliphatic carbocycles. The predicted molar refractivity (Wildman–Crippen MR) is 84.7 cm³/mol. The molecule has 4 nitrogen and oxygen atoms in total. The number of hydrogen-bond donors (Lipinski definition) is 0. The molecule has 0 spiro atoms. The lowest BCUT2D eigenvalue weighted by atomic mass is 10.3. The van der Waals surface area contributed by atoms with Crippen molar-refractivity contribution < 1.29 is 4.74 Å². The molecule has 2 aromatic heterocycles. The van der Waals surface area contributed by atoms with Crippen LogP contribution in [-0.4, -0.2) is 9.38 Å². The molecule has 0 amide bonds. The number of aromatic nitrogens is 2. The van der Waals surface area contributed by atoms with Crippen molar-refractivity contribution >= 4 is 21.6 Å². The summed E-state index contributed by atoms with van der Waals surface area (Å²) in [6.07, 6.45) is 1.74. The normalized spacial score (nSPS) is 10.8. The monoisotopic (exact) mass is 344 g/mol. The lowest BCUT2D eigenvalue weighted by Crippen LogP contribution is -2.16. The number of fused-ring (bicyclic) bond motifs is 1. The third kappa shape index (κ3) is 3.13. The van der Waals surface area contributed by atoms with Crippen LogP contribution in [0, 0.1) is 6.92 Å². The summed E-state index contributed by atoms with van der Waals surface area (Å²) in [5.41, 5.74) is 2.21. The average Bonchev–Trinajstić information content (AvgIpc) is 2.45. The van der Waals surface area contributed by atoms with Gasteiger partial charge in [0.25, 0.3) is 5.56 Å². The Kier molecular flexibility index (Phi) is 3.75. The molecule has 2 heterocycles. The summed E-state index contributed by atoms with van der Waals surface area (Å²) in [5, 5.41) is 0. The first kappa shape index (κ1) is 13.8. The van der Waals surface area contributed by atoms with Gasteiger partial charge in [0.1, 0.15) is 18.0 Å². The van der Waals surface area contributed by atoms with Crippen LogP contribution in [0.5, 0.6) is 5.75 Å². The summed E-state index contributed by atoms with van der Waals surface area (Å²) in [6.45, 7) is 2.23. The number of ether oxygens (including phenoxy) is 1. The van der Waals surface area contributed by atoms with Gasteiger partial charge in [0, 0.05) is 16.7 Å². The topological polar surface area (TPSA) is 43.6 Å². The number of benzene rings is 1. The van der Waals surface area contributed by atoms with Crippen molar-refractivity contribution in [1.82, 2.24) is 9.38 Å². The minimum atomic E-state index is -0.104. The fourth-order valence-corrected chi connectivity index (χ4v) is 2.42. The van der Waals surface area contributed by atoms with E-state index in [0.717, 1.165) is 15.8 Å². The van der Waals surface area contributed by atoms with Gasteiger partial charge in [-0.25, -0.2) is 4.98 Å². The van der Waals surface area contributed by atoms with Crippen molar-refractivity contribution in [3.63, 3.8) is 0 Å². The Hall–Kier alpha value is -2.14. The van der Waals surface area contributed by atoms with Crippen molar-refractivity contribution in [2.24, 2.45) is 0 Å². The highest BCUT2D eigenvalue weighted by atomic mass is 79.9. The summed E-state index contributed by atoms with van der Waals surface area (Å²) in [7, 11) is 0. The van der Waals surface area contributed by atoms with Gasteiger partial charge >= 0.3 is 0 Å². The summed E-state index contributed by atoms with van der Waals surface area (Å²) in [6, 6.07) is 12.8. The number of aryl methyl sites for hydroxylation is 1. The standard InChI is InChI=1S/C16H13BrN2O2/c1-11-5-6-19-15(7-11)18-13(9-16(19)20)10-21-14-4-2-3-12(17)8-14/h2-9H,10H2,1H3. The maximum atomic E-state index is 12.0. The fourth-order valence-electron chi connectivity index (χ4n) is 2.04. The highest BCUT2D eigenvalue weighted by Crippen LogP contribution is 2.18. The molecular weight excluding hydrogens is 332 g/mol. The third-order valence-electron chi connectivity index (χ3n) is 3.06. The van der Waals surface area contributed by atoms with Crippen molar-refractivity contribution in [3.8, 4) is 5.75 Å². The number of halogens is 1. The summed E-state index contributed by atoms with van der Waals surface area (Å²) < 4.78 is 8.14. The molecule has 3 aromatic rings. The van der Waals surface area contributed by atoms with Crippen LogP contribution in [-0.2, 0) is 6.61 Å². The SMILES string of the molecule is Cc1ccn2c(=O)cc(COc3cccc(Br)c3)nc2c1. The van der Waals surface area contributed by atoms with Gasteiger partial charge in [-0.1, -0.05) is 22.0 Å². The highest BCUT2D eigenvalue weighted by molar-refractivity contribution is 9.10. The molecule has 0 aliphatic heterocycles. The first-order valence-corrected chi connectivity index (χ1v) is 7.28.